The van der Waals surface area contributed by atoms with E-state index < -0.39 is 5.82 Å². The molecule has 5 aromatic rings. The number of hydrogen-bond donors (Lipinski definition) is 3. The quantitative estimate of drug-likeness (QED) is 0.269. The average molecular weight is 537 g/mol. The molecule has 0 saturated heterocycles. The monoisotopic (exact) mass is 536 g/mol. The summed E-state index contributed by atoms with van der Waals surface area (Å²) in [7, 11) is 0. The molecular weight excluding hydrogens is 507 g/mol. The Hall–Kier alpha value is -4.79. The van der Waals surface area contributed by atoms with Crippen LogP contribution in [0.1, 0.15) is 29.8 Å². The molecule has 1 aliphatic heterocycles. The molecule has 2 aromatic carbocycles. The number of carbonyl (C=O) groups is 1. The molecule has 0 unspecified atom stereocenters. The minimum Gasteiger partial charge on any atom is -0.376 e. The standard InChI is InChI=1S/C31H29FN6O2/c32-25-9-5-4-8-24(25)30-37-27-13-12-22(11-10-20-6-2-1-3-7-20)36-29(27)31(40)38(30)19-28(39)34-18-23-16-21-17-33-15-14-26(21)35-23/h1-9,14-17,22,35-36H,10-13,18-19H2,(H,34,39)/t22-/m0/s1. The molecular formula is C31H29FN6O2. The molecule has 40 heavy (non-hydrogen) atoms. The summed E-state index contributed by atoms with van der Waals surface area (Å²) in [5, 5.41) is 7.19. The Kier molecular flexibility index (Phi) is 7.09. The van der Waals surface area contributed by atoms with Crippen molar-refractivity contribution in [3.63, 3.8) is 0 Å². The minimum atomic E-state index is -0.500. The first-order valence-electron chi connectivity index (χ1n) is 13.4. The van der Waals surface area contributed by atoms with Gasteiger partial charge in [-0.25, -0.2) is 9.37 Å². The van der Waals surface area contributed by atoms with Crippen LogP contribution in [0.15, 0.2) is 83.9 Å². The summed E-state index contributed by atoms with van der Waals surface area (Å²) in [6, 6.07) is 20.3. The van der Waals surface area contributed by atoms with Gasteiger partial charge in [-0.15, -0.1) is 0 Å². The highest BCUT2D eigenvalue weighted by Crippen LogP contribution is 2.27. The van der Waals surface area contributed by atoms with Crippen LogP contribution >= 0.6 is 0 Å². The summed E-state index contributed by atoms with van der Waals surface area (Å²) >= 11 is 0. The number of benzene rings is 2. The molecule has 1 amide bonds. The third-order valence-corrected chi connectivity index (χ3v) is 7.32. The van der Waals surface area contributed by atoms with Gasteiger partial charge in [0.25, 0.3) is 5.56 Å². The lowest BCUT2D eigenvalue weighted by molar-refractivity contribution is -0.121. The van der Waals surface area contributed by atoms with Gasteiger partial charge < -0.3 is 15.6 Å². The smallest absolute Gasteiger partial charge is 0.277 e. The van der Waals surface area contributed by atoms with E-state index in [1.807, 2.05) is 30.3 Å². The minimum absolute atomic E-state index is 0.0975. The first kappa shape index (κ1) is 25.5. The zero-order chi connectivity index (χ0) is 27.5. The van der Waals surface area contributed by atoms with Crippen molar-refractivity contribution in [3.05, 3.63) is 112 Å². The maximum Gasteiger partial charge on any atom is 0.277 e. The lowest BCUT2D eigenvalue weighted by atomic mass is 9.97. The van der Waals surface area contributed by atoms with Crippen LogP contribution in [0.3, 0.4) is 0 Å². The van der Waals surface area contributed by atoms with E-state index in [-0.39, 0.29) is 42.0 Å². The van der Waals surface area contributed by atoms with Crippen LogP contribution in [0, 0.1) is 5.82 Å². The average Bonchev–Trinajstić information content (AvgIpc) is 3.41. The molecule has 3 aromatic heterocycles. The van der Waals surface area contributed by atoms with Gasteiger partial charge in [-0.1, -0.05) is 42.5 Å². The molecule has 0 saturated carbocycles. The van der Waals surface area contributed by atoms with Crippen molar-refractivity contribution in [2.24, 2.45) is 0 Å². The summed E-state index contributed by atoms with van der Waals surface area (Å²) in [6.45, 7) is -0.0452. The Bertz CT molecular complexity index is 1700. The lowest BCUT2D eigenvalue weighted by Gasteiger charge is -2.27. The van der Waals surface area contributed by atoms with Gasteiger partial charge in [0.1, 0.15) is 23.9 Å². The predicted molar refractivity (Wildman–Crippen MR) is 152 cm³/mol. The Balaban J connectivity index is 1.25. The van der Waals surface area contributed by atoms with E-state index >= 15 is 0 Å². The number of carbonyl (C=O) groups excluding carboxylic acids is 1. The third-order valence-electron chi connectivity index (χ3n) is 7.32. The van der Waals surface area contributed by atoms with Crippen LogP contribution in [0.4, 0.5) is 10.1 Å². The number of anilines is 1. The van der Waals surface area contributed by atoms with Gasteiger partial charge in [-0.3, -0.25) is 19.1 Å². The fourth-order valence-electron chi connectivity index (χ4n) is 5.23. The van der Waals surface area contributed by atoms with Crippen LogP contribution in [0.2, 0.25) is 0 Å². The molecule has 1 atom stereocenters. The van der Waals surface area contributed by atoms with Gasteiger partial charge >= 0.3 is 0 Å². The largest absolute Gasteiger partial charge is 0.376 e. The molecule has 0 spiro atoms. The van der Waals surface area contributed by atoms with Gasteiger partial charge in [0.15, 0.2) is 0 Å². The van der Waals surface area contributed by atoms with Crippen LogP contribution in [0.5, 0.6) is 0 Å². The van der Waals surface area contributed by atoms with Crippen molar-refractivity contribution in [3.8, 4) is 11.4 Å². The molecule has 4 heterocycles. The first-order chi connectivity index (χ1) is 19.5. The maximum absolute atomic E-state index is 14.9. The number of aromatic amines is 1. The van der Waals surface area contributed by atoms with Crippen LogP contribution in [0.25, 0.3) is 22.3 Å². The molecule has 0 bridgehead atoms. The molecule has 3 N–H and O–H groups in total. The summed E-state index contributed by atoms with van der Waals surface area (Å²) in [5.41, 5.74) is 3.77. The fraction of sp³-hybridized carbons (Fsp3) is 0.226. The molecule has 9 heteroatoms. The Morgan fingerprint density at radius 3 is 2.75 bits per heavy atom. The lowest BCUT2D eigenvalue weighted by Crippen LogP contribution is -2.38. The Morgan fingerprint density at radius 1 is 1.10 bits per heavy atom. The van der Waals surface area contributed by atoms with Gasteiger partial charge in [-0.2, -0.15) is 0 Å². The zero-order valence-corrected chi connectivity index (χ0v) is 21.9. The second-order valence-electron chi connectivity index (χ2n) is 10.1. The number of halogens is 1. The fourth-order valence-corrected chi connectivity index (χ4v) is 5.23. The van der Waals surface area contributed by atoms with Crippen molar-refractivity contribution in [1.29, 1.82) is 0 Å². The van der Waals surface area contributed by atoms with Gasteiger partial charge in [-0.05, 0) is 55.5 Å². The number of H-pyrrole nitrogens is 1. The van der Waals surface area contributed by atoms with Crippen molar-refractivity contribution in [2.75, 3.05) is 5.32 Å². The topological polar surface area (TPSA) is 105 Å². The highest BCUT2D eigenvalue weighted by atomic mass is 19.1. The predicted octanol–water partition coefficient (Wildman–Crippen LogP) is 4.60. The van der Waals surface area contributed by atoms with Gasteiger partial charge in [0, 0.05) is 35.0 Å². The van der Waals surface area contributed by atoms with Gasteiger partial charge in [0.2, 0.25) is 5.91 Å². The molecule has 202 valence electrons. The number of aryl methyl sites for hydroxylation is 2. The van der Waals surface area contributed by atoms with Gasteiger partial charge in [0.05, 0.1) is 17.8 Å². The second-order valence-corrected chi connectivity index (χ2v) is 10.1. The second kappa shape index (κ2) is 11.1. The van der Waals surface area contributed by atoms with Crippen molar-refractivity contribution < 1.29 is 9.18 Å². The van der Waals surface area contributed by atoms with E-state index in [2.05, 4.69) is 32.7 Å². The summed E-state index contributed by atoms with van der Waals surface area (Å²) < 4.78 is 16.1. The van der Waals surface area contributed by atoms with Crippen molar-refractivity contribution in [2.45, 2.75) is 44.8 Å². The molecule has 0 radical (unpaired) electrons. The normalized spacial score (nSPS) is 14.5. The Labute approximate surface area is 230 Å². The van der Waals surface area contributed by atoms with Crippen molar-refractivity contribution >= 4 is 22.5 Å². The number of pyridine rings is 1. The number of amides is 1. The summed E-state index contributed by atoms with van der Waals surface area (Å²) in [5.74, 6) is -0.729. The van der Waals surface area contributed by atoms with E-state index in [1.165, 1.54) is 16.2 Å². The zero-order valence-electron chi connectivity index (χ0n) is 21.9. The van der Waals surface area contributed by atoms with E-state index in [9.17, 15) is 14.0 Å². The maximum atomic E-state index is 14.9. The third kappa shape index (κ3) is 5.36. The van der Waals surface area contributed by atoms with Crippen LogP contribution in [-0.4, -0.2) is 31.5 Å². The number of rotatable bonds is 8. The Morgan fingerprint density at radius 2 is 1.93 bits per heavy atom. The van der Waals surface area contributed by atoms with E-state index in [0.29, 0.717) is 17.8 Å². The highest BCUT2D eigenvalue weighted by molar-refractivity contribution is 5.80. The van der Waals surface area contributed by atoms with Crippen LogP contribution in [-0.2, 0) is 30.7 Å². The molecule has 1 aliphatic rings. The van der Waals surface area contributed by atoms with E-state index in [4.69, 9.17) is 4.98 Å². The van der Waals surface area contributed by atoms with E-state index in [1.54, 1.807) is 30.6 Å². The molecule has 6 rings (SSSR count). The van der Waals surface area contributed by atoms with Crippen LogP contribution < -0.4 is 16.2 Å². The van der Waals surface area contributed by atoms with Crippen molar-refractivity contribution in [1.82, 2.24) is 24.8 Å². The summed E-state index contributed by atoms with van der Waals surface area (Å²) in [6.07, 6.45) is 6.60. The molecule has 8 nitrogen and oxygen atoms in total. The number of nitrogens with zero attached hydrogens (tertiary/aromatic N) is 3. The summed E-state index contributed by atoms with van der Waals surface area (Å²) in [4.78, 5) is 39.0. The SMILES string of the molecule is O=C(Cn1c(-c2ccccc2F)nc2c(c1=O)N[C@@H](CCc1ccccc1)CC2)NCc1cc2cnccc2[nH]1. The molecule has 0 fully saturated rings. The number of fused-ring (bicyclic) bond motifs is 2. The first-order valence-corrected chi connectivity index (χ1v) is 13.4. The number of hydrogen-bond acceptors (Lipinski definition) is 5. The highest BCUT2D eigenvalue weighted by Gasteiger charge is 2.26. The number of aromatic nitrogens is 4. The molecule has 0 aliphatic carbocycles. The van der Waals surface area contributed by atoms with E-state index in [0.717, 1.165) is 35.9 Å². The number of nitrogens with one attached hydrogen (secondary N) is 3.